The fraction of sp³-hybridized carbons (Fsp3) is 0. The van der Waals surface area contributed by atoms with Crippen LogP contribution < -0.4 is 11.3 Å². The summed E-state index contributed by atoms with van der Waals surface area (Å²) in [5.74, 6) is 4.98. The molecule has 0 saturated carbocycles. The van der Waals surface area contributed by atoms with E-state index in [1.165, 1.54) is 12.1 Å². The van der Waals surface area contributed by atoms with Crippen LogP contribution in [-0.4, -0.2) is 9.85 Å². The van der Waals surface area contributed by atoms with Crippen LogP contribution in [-0.2, 0) is 0 Å². The second kappa shape index (κ2) is 5.08. The van der Waals surface area contributed by atoms with Crippen LogP contribution in [0.15, 0.2) is 18.2 Å². The third-order valence-electron chi connectivity index (χ3n) is 1.55. The molecule has 0 aliphatic rings. The van der Waals surface area contributed by atoms with Crippen molar-refractivity contribution in [3.8, 4) is 0 Å². The van der Waals surface area contributed by atoms with Crippen molar-refractivity contribution in [2.45, 2.75) is 0 Å². The Kier molecular flexibility index (Phi) is 4.42. The van der Waals surface area contributed by atoms with Crippen LogP contribution in [0.5, 0.6) is 0 Å². The molecule has 0 unspecified atom stereocenters. The van der Waals surface area contributed by atoms with Crippen molar-refractivity contribution < 1.29 is 9.85 Å². The lowest BCUT2D eigenvalue weighted by Crippen LogP contribution is -2.10. The zero-order valence-corrected chi connectivity index (χ0v) is 8.06. The standard InChI is InChI=1S/C6H6N4O4.ClH/c7-8-4-2-1-3-5(9(11)12)6(4)10(13)14;/h1-3,8H,7H2;1H. The minimum atomic E-state index is -0.854. The summed E-state index contributed by atoms with van der Waals surface area (Å²) in [6, 6.07) is 3.63. The highest BCUT2D eigenvalue weighted by molar-refractivity contribution is 5.85. The van der Waals surface area contributed by atoms with Gasteiger partial charge in [-0.25, -0.2) is 0 Å². The summed E-state index contributed by atoms with van der Waals surface area (Å²) < 4.78 is 0. The van der Waals surface area contributed by atoms with Crippen molar-refractivity contribution >= 4 is 29.5 Å². The van der Waals surface area contributed by atoms with Crippen LogP contribution in [0.2, 0.25) is 0 Å². The van der Waals surface area contributed by atoms with E-state index < -0.39 is 21.2 Å². The van der Waals surface area contributed by atoms with E-state index in [2.05, 4.69) is 0 Å². The highest BCUT2D eigenvalue weighted by Gasteiger charge is 2.27. The van der Waals surface area contributed by atoms with Gasteiger partial charge in [-0.05, 0) is 6.07 Å². The summed E-state index contributed by atoms with van der Waals surface area (Å²) in [5, 5.41) is 20.9. The maximum Gasteiger partial charge on any atom is 0.370 e. The second-order valence-electron chi connectivity index (χ2n) is 2.33. The van der Waals surface area contributed by atoms with Crippen LogP contribution in [0.25, 0.3) is 0 Å². The van der Waals surface area contributed by atoms with Crippen molar-refractivity contribution in [2.75, 3.05) is 5.43 Å². The monoisotopic (exact) mass is 234 g/mol. The van der Waals surface area contributed by atoms with Gasteiger partial charge in [0.2, 0.25) is 0 Å². The molecule has 8 nitrogen and oxygen atoms in total. The predicted octanol–water partition coefficient (Wildman–Crippen LogP) is 1.21. The molecule has 9 heteroatoms. The van der Waals surface area contributed by atoms with Gasteiger partial charge in [-0.1, -0.05) is 6.07 Å². The number of benzene rings is 1. The smallest absolute Gasteiger partial charge is 0.318 e. The third kappa shape index (κ3) is 2.51. The number of halogens is 1. The molecular formula is C6H7ClN4O4. The van der Waals surface area contributed by atoms with Gasteiger partial charge in [-0.3, -0.25) is 26.1 Å². The number of nitrogens with one attached hydrogen (secondary N) is 1. The van der Waals surface area contributed by atoms with Crippen molar-refractivity contribution in [3.05, 3.63) is 38.4 Å². The Bertz CT molecular complexity index is 397. The fourth-order valence-corrected chi connectivity index (χ4v) is 0.987. The van der Waals surface area contributed by atoms with Gasteiger partial charge < -0.3 is 5.43 Å². The molecule has 1 aromatic carbocycles. The minimum absolute atomic E-state index is 0. The summed E-state index contributed by atoms with van der Waals surface area (Å²) in [5.41, 5.74) is 0.702. The number of nitrogens with two attached hydrogens (primary N) is 1. The van der Waals surface area contributed by atoms with E-state index in [0.717, 1.165) is 6.07 Å². The molecule has 15 heavy (non-hydrogen) atoms. The van der Waals surface area contributed by atoms with E-state index in [1.807, 2.05) is 5.43 Å². The Morgan fingerprint density at radius 1 is 1.20 bits per heavy atom. The van der Waals surface area contributed by atoms with Gasteiger partial charge in [-0.15, -0.1) is 12.4 Å². The Morgan fingerprint density at radius 3 is 2.20 bits per heavy atom. The van der Waals surface area contributed by atoms with Gasteiger partial charge >= 0.3 is 11.4 Å². The molecule has 0 fully saturated rings. The molecule has 0 spiro atoms. The molecule has 1 rings (SSSR count). The molecule has 0 atom stereocenters. The quantitative estimate of drug-likeness (QED) is 0.460. The number of nitro benzene ring substituents is 2. The summed E-state index contributed by atoms with van der Waals surface area (Å²) in [6.45, 7) is 0. The van der Waals surface area contributed by atoms with Gasteiger partial charge in [0.1, 0.15) is 5.69 Å². The molecule has 0 aliphatic heterocycles. The van der Waals surface area contributed by atoms with Gasteiger partial charge in [-0.2, -0.15) is 0 Å². The molecule has 0 heterocycles. The molecule has 0 aromatic heterocycles. The van der Waals surface area contributed by atoms with Crippen molar-refractivity contribution in [1.82, 2.24) is 0 Å². The number of nitro groups is 2. The molecule has 0 radical (unpaired) electrons. The molecule has 0 bridgehead atoms. The van der Waals surface area contributed by atoms with Crippen molar-refractivity contribution in [1.29, 1.82) is 0 Å². The first-order valence-electron chi connectivity index (χ1n) is 3.46. The maximum absolute atomic E-state index is 10.5. The summed E-state index contributed by atoms with van der Waals surface area (Å²) in [4.78, 5) is 19.3. The number of hydrazine groups is 1. The summed E-state index contributed by atoms with van der Waals surface area (Å²) in [7, 11) is 0. The second-order valence-corrected chi connectivity index (χ2v) is 2.33. The molecule has 0 aliphatic carbocycles. The Morgan fingerprint density at radius 2 is 1.80 bits per heavy atom. The first-order chi connectivity index (χ1) is 6.57. The van der Waals surface area contributed by atoms with E-state index in [1.54, 1.807) is 0 Å². The van der Waals surface area contributed by atoms with Gasteiger partial charge in [0.25, 0.3) is 0 Å². The SMILES string of the molecule is Cl.NNc1cccc([N+](=O)[O-])c1[N+](=O)[O-]. The topological polar surface area (TPSA) is 124 Å². The van der Waals surface area contributed by atoms with E-state index in [0.29, 0.717) is 0 Å². The fourth-order valence-electron chi connectivity index (χ4n) is 0.987. The molecule has 0 saturated heterocycles. The molecule has 3 N–H and O–H groups in total. The third-order valence-corrected chi connectivity index (χ3v) is 1.55. The molecule has 0 amide bonds. The van der Waals surface area contributed by atoms with Crippen LogP contribution in [0.1, 0.15) is 0 Å². The Labute approximate surface area is 89.8 Å². The lowest BCUT2D eigenvalue weighted by atomic mass is 10.2. The number of nitrogen functional groups attached to an aromatic ring is 1. The number of hydrogen-bond acceptors (Lipinski definition) is 6. The van der Waals surface area contributed by atoms with Crippen LogP contribution in [0.3, 0.4) is 0 Å². The van der Waals surface area contributed by atoms with Gasteiger partial charge in [0, 0.05) is 6.07 Å². The highest BCUT2D eigenvalue weighted by atomic mass is 35.5. The zero-order chi connectivity index (χ0) is 10.7. The van der Waals surface area contributed by atoms with E-state index in [4.69, 9.17) is 5.84 Å². The lowest BCUT2D eigenvalue weighted by Gasteiger charge is -2.00. The molecule has 82 valence electrons. The van der Waals surface area contributed by atoms with Crippen molar-refractivity contribution in [2.24, 2.45) is 5.84 Å². The Balaban J connectivity index is 0.00000196. The molecular weight excluding hydrogens is 228 g/mol. The average molecular weight is 235 g/mol. The number of anilines is 1. The largest absolute Gasteiger partial charge is 0.370 e. The zero-order valence-electron chi connectivity index (χ0n) is 7.25. The normalized spacial score (nSPS) is 8.87. The Hall–Kier alpha value is -1.93. The van der Waals surface area contributed by atoms with Crippen LogP contribution >= 0.6 is 12.4 Å². The highest BCUT2D eigenvalue weighted by Crippen LogP contribution is 2.33. The number of hydrogen-bond donors (Lipinski definition) is 2. The number of para-hydroxylation sites is 1. The molecule has 1 aromatic rings. The van der Waals surface area contributed by atoms with Crippen molar-refractivity contribution in [3.63, 3.8) is 0 Å². The van der Waals surface area contributed by atoms with E-state index >= 15 is 0 Å². The number of rotatable bonds is 3. The van der Waals surface area contributed by atoms with E-state index in [-0.39, 0.29) is 18.1 Å². The average Bonchev–Trinajstić information content (AvgIpc) is 2.16. The predicted molar refractivity (Wildman–Crippen MR) is 54.8 cm³/mol. The van der Waals surface area contributed by atoms with Gasteiger partial charge in [0.15, 0.2) is 0 Å². The lowest BCUT2D eigenvalue weighted by molar-refractivity contribution is -0.421. The summed E-state index contributed by atoms with van der Waals surface area (Å²) in [6.07, 6.45) is 0. The first-order valence-corrected chi connectivity index (χ1v) is 3.46. The van der Waals surface area contributed by atoms with E-state index in [9.17, 15) is 20.2 Å². The first kappa shape index (κ1) is 13.1. The van der Waals surface area contributed by atoms with Crippen LogP contribution in [0, 0.1) is 20.2 Å². The maximum atomic E-state index is 10.5. The number of nitrogens with zero attached hydrogens (tertiary/aromatic N) is 2. The van der Waals surface area contributed by atoms with Gasteiger partial charge in [0.05, 0.1) is 9.85 Å². The summed E-state index contributed by atoms with van der Waals surface area (Å²) >= 11 is 0. The minimum Gasteiger partial charge on any atom is -0.318 e. The van der Waals surface area contributed by atoms with Crippen LogP contribution in [0.4, 0.5) is 17.1 Å².